The van der Waals surface area contributed by atoms with E-state index in [1.54, 1.807) is 13.0 Å². The molecule has 1 aliphatic heterocycles. The highest BCUT2D eigenvalue weighted by atomic mass is 16.5. The van der Waals surface area contributed by atoms with Crippen molar-refractivity contribution in [2.24, 2.45) is 0 Å². The van der Waals surface area contributed by atoms with Crippen molar-refractivity contribution in [2.45, 2.75) is 39.7 Å². The third-order valence-corrected chi connectivity index (χ3v) is 3.95. The van der Waals surface area contributed by atoms with Crippen LogP contribution in [-0.2, 0) is 4.79 Å². The lowest BCUT2D eigenvalue weighted by molar-refractivity contribution is -0.135. The first-order valence-corrected chi connectivity index (χ1v) is 7.76. The Hall–Kier alpha value is -2.38. The smallest absolute Gasteiger partial charge is 0.260 e. The van der Waals surface area contributed by atoms with Gasteiger partial charge in [0.25, 0.3) is 11.8 Å². The van der Waals surface area contributed by atoms with Crippen molar-refractivity contribution < 1.29 is 14.1 Å². The highest BCUT2D eigenvalue weighted by Gasteiger charge is 2.26. The molecule has 1 atom stereocenters. The van der Waals surface area contributed by atoms with Crippen LogP contribution in [0.25, 0.3) is 0 Å². The second-order valence-corrected chi connectivity index (χ2v) is 5.85. The van der Waals surface area contributed by atoms with Gasteiger partial charge in [-0.15, -0.1) is 0 Å². The number of hydrogen-bond acceptors (Lipinski definition) is 6. The van der Waals surface area contributed by atoms with Crippen LogP contribution < -0.4 is 4.74 Å². The van der Waals surface area contributed by atoms with Crippen LogP contribution in [-0.4, -0.2) is 50.4 Å². The molecule has 2 aromatic rings. The summed E-state index contributed by atoms with van der Waals surface area (Å²) >= 11 is 0. The number of nitrogens with zero attached hydrogens (tertiary/aromatic N) is 5. The van der Waals surface area contributed by atoms with Gasteiger partial charge in [-0.2, -0.15) is 5.10 Å². The summed E-state index contributed by atoms with van der Waals surface area (Å²) in [5.41, 5.74) is 0. The number of hydrogen-bond donors (Lipinski definition) is 0. The number of ether oxygens (including phenoxy) is 1. The van der Waals surface area contributed by atoms with Crippen molar-refractivity contribution in [3.05, 3.63) is 23.5 Å². The number of aromatic nitrogens is 4. The summed E-state index contributed by atoms with van der Waals surface area (Å²) in [5.74, 6) is 2.59. The SMILES string of the molecule is Cc1nc(C)n([C@H]2CCCN(C(=O)COc3cc(C)on3)C2)n1. The maximum absolute atomic E-state index is 12.3. The molecule has 1 saturated heterocycles. The molecular formula is C15H21N5O3. The van der Waals surface area contributed by atoms with Crippen molar-refractivity contribution in [1.82, 2.24) is 24.8 Å². The molecular weight excluding hydrogens is 298 g/mol. The van der Waals surface area contributed by atoms with E-state index in [4.69, 9.17) is 9.26 Å². The van der Waals surface area contributed by atoms with E-state index in [1.165, 1.54) is 0 Å². The minimum absolute atomic E-state index is 0.0337. The Balaban J connectivity index is 1.59. The third kappa shape index (κ3) is 3.52. The fraction of sp³-hybridized carbons (Fsp3) is 0.600. The van der Waals surface area contributed by atoms with E-state index in [9.17, 15) is 4.79 Å². The van der Waals surface area contributed by atoms with Crippen LogP contribution in [0.1, 0.15) is 36.3 Å². The van der Waals surface area contributed by atoms with Gasteiger partial charge in [0, 0.05) is 19.2 Å². The van der Waals surface area contributed by atoms with Crippen molar-refractivity contribution in [1.29, 1.82) is 0 Å². The van der Waals surface area contributed by atoms with Gasteiger partial charge in [0.15, 0.2) is 6.61 Å². The van der Waals surface area contributed by atoms with E-state index in [0.29, 0.717) is 18.2 Å². The first-order valence-electron chi connectivity index (χ1n) is 7.76. The zero-order chi connectivity index (χ0) is 16.4. The second-order valence-electron chi connectivity index (χ2n) is 5.85. The van der Waals surface area contributed by atoms with Gasteiger partial charge in [-0.25, -0.2) is 9.67 Å². The molecule has 0 spiro atoms. The van der Waals surface area contributed by atoms with Crippen molar-refractivity contribution in [2.75, 3.05) is 19.7 Å². The standard InChI is InChI=1S/C15H21N5O3/c1-10-7-14(18-23-10)22-9-15(21)19-6-4-5-13(8-19)20-12(3)16-11(2)17-20/h7,13H,4-6,8-9H2,1-3H3/t13-/m0/s1. The van der Waals surface area contributed by atoms with Crippen LogP contribution in [0.3, 0.4) is 0 Å². The fourth-order valence-electron chi connectivity index (χ4n) is 2.90. The highest BCUT2D eigenvalue weighted by Crippen LogP contribution is 2.22. The van der Waals surface area contributed by atoms with Crippen molar-refractivity contribution in [3.8, 4) is 5.88 Å². The average molecular weight is 319 g/mol. The number of aryl methyl sites for hydroxylation is 3. The maximum atomic E-state index is 12.3. The average Bonchev–Trinajstić information content (AvgIpc) is 3.10. The lowest BCUT2D eigenvalue weighted by atomic mass is 10.1. The molecule has 0 unspecified atom stereocenters. The molecule has 1 fully saturated rings. The largest absolute Gasteiger partial charge is 0.465 e. The molecule has 0 radical (unpaired) electrons. The summed E-state index contributed by atoms with van der Waals surface area (Å²) < 4.78 is 12.2. The maximum Gasteiger partial charge on any atom is 0.260 e. The van der Waals surface area contributed by atoms with E-state index in [1.807, 2.05) is 23.4 Å². The molecule has 0 bridgehead atoms. The van der Waals surface area contributed by atoms with Crippen LogP contribution in [0, 0.1) is 20.8 Å². The van der Waals surface area contributed by atoms with Gasteiger partial charge >= 0.3 is 0 Å². The third-order valence-electron chi connectivity index (χ3n) is 3.95. The predicted octanol–water partition coefficient (Wildman–Crippen LogP) is 1.43. The Morgan fingerprint density at radius 1 is 1.43 bits per heavy atom. The summed E-state index contributed by atoms with van der Waals surface area (Å²) in [5, 5.41) is 8.16. The van der Waals surface area contributed by atoms with Crippen LogP contribution in [0.5, 0.6) is 5.88 Å². The zero-order valence-corrected chi connectivity index (χ0v) is 13.7. The van der Waals surface area contributed by atoms with Crippen molar-refractivity contribution >= 4 is 5.91 Å². The molecule has 1 amide bonds. The van der Waals surface area contributed by atoms with E-state index < -0.39 is 0 Å². The summed E-state index contributed by atoms with van der Waals surface area (Å²) in [6.07, 6.45) is 1.94. The molecule has 8 heteroatoms. The van der Waals surface area contributed by atoms with Crippen molar-refractivity contribution in [3.63, 3.8) is 0 Å². The molecule has 0 saturated carbocycles. The highest BCUT2D eigenvalue weighted by molar-refractivity contribution is 5.77. The van der Waals surface area contributed by atoms with Gasteiger partial charge in [-0.05, 0) is 38.8 Å². The van der Waals surface area contributed by atoms with Gasteiger partial charge in [0.2, 0.25) is 0 Å². The monoisotopic (exact) mass is 319 g/mol. The number of likely N-dealkylation sites (tertiary alicyclic amines) is 1. The Labute approximate surface area is 134 Å². The van der Waals surface area contributed by atoms with Crippen LogP contribution in [0.2, 0.25) is 0 Å². The molecule has 2 aromatic heterocycles. The molecule has 3 heterocycles. The van der Waals surface area contributed by atoms with E-state index in [2.05, 4.69) is 15.2 Å². The number of carbonyl (C=O) groups is 1. The van der Waals surface area contributed by atoms with E-state index in [-0.39, 0.29) is 18.6 Å². The minimum Gasteiger partial charge on any atom is -0.465 e. The first-order chi connectivity index (χ1) is 11.0. The zero-order valence-electron chi connectivity index (χ0n) is 13.7. The van der Waals surface area contributed by atoms with E-state index >= 15 is 0 Å². The molecule has 0 aliphatic carbocycles. The molecule has 124 valence electrons. The lowest BCUT2D eigenvalue weighted by Gasteiger charge is -2.33. The minimum atomic E-state index is -0.0511. The topological polar surface area (TPSA) is 86.3 Å². The van der Waals surface area contributed by atoms with E-state index in [0.717, 1.165) is 31.0 Å². The van der Waals surface area contributed by atoms with Gasteiger partial charge in [0.1, 0.15) is 17.4 Å². The normalized spacial score (nSPS) is 18.2. The molecule has 1 aliphatic rings. The van der Waals surface area contributed by atoms with Crippen LogP contribution >= 0.6 is 0 Å². The fourth-order valence-corrected chi connectivity index (χ4v) is 2.90. The van der Waals surface area contributed by atoms with Gasteiger partial charge in [0.05, 0.1) is 6.04 Å². The Kier molecular flexibility index (Phi) is 4.31. The second kappa shape index (κ2) is 6.39. The summed E-state index contributed by atoms with van der Waals surface area (Å²) in [7, 11) is 0. The number of rotatable bonds is 4. The van der Waals surface area contributed by atoms with Crippen LogP contribution in [0.4, 0.5) is 0 Å². The number of amides is 1. The molecule has 0 aromatic carbocycles. The number of carbonyl (C=O) groups excluding carboxylic acids is 1. The molecule has 0 N–H and O–H groups in total. The summed E-state index contributed by atoms with van der Waals surface area (Å²) in [4.78, 5) is 18.5. The molecule has 8 nitrogen and oxygen atoms in total. The van der Waals surface area contributed by atoms with Gasteiger partial charge in [-0.1, -0.05) is 0 Å². The Morgan fingerprint density at radius 2 is 2.26 bits per heavy atom. The lowest BCUT2D eigenvalue weighted by Crippen LogP contribution is -2.43. The number of piperidine rings is 1. The van der Waals surface area contributed by atoms with Gasteiger partial charge in [-0.3, -0.25) is 4.79 Å². The predicted molar refractivity (Wildman–Crippen MR) is 81.1 cm³/mol. The molecule has 23 heavy (non-hydrogen) atoms. The Bertz CT molecular complexity index is 693. The summed E-state index contributed by atoms with van der Waals surface area (Å²) in [6.45, 7) is 6.93. The quantitative estimate of drug-likeness (QED) is 0.847. The molecule has 3 rings (SSSR count). The summed E-state index contributed by atoms with van der Waals surface area (Å²) in [6, 6.07) is 1.83. The first kappa shape index (κ1) is 15.5. The van der Waals surface area contributed by atoms with Gasteiger partial charge < -0.3 is 14.2 Å². The van der Waals surface area contributed by atoms with Crippen LogP contribution in [0.15, 0.2) is 10.6 Å². The Morgan fingerprint density at radius 3 is 2.91 bits per heavy atom.